The summed E-state index contributed by atoms with van der Waals surface area (Å²) < 4.78 is 4.60. The zero-order valence-electron chi connectivity index (χ0n) is 11.5. The molecule has 1 atom stereocenters. The van der Waals surface area contributed by atoms with Crippen molar-refractivity contribution in [1.82, 2.24) is 4.90 Å². The maximum atomic E-state index is 11.4. The standard InChI is InChI=1S/C8H13NO4.2C2H6/c1-13-6(8(11)12)7(10)9-4-2-3-5-9;2*1-2/h6H,2-5H2,1H3,(H,11,12);2*1-2H3. The van der Waals surface area contributed by atoms with Gasteiger partial charge in [0.25, 0.3) is 5.91 Å². The van der Waals surface area contributed by atoms with Crippen LogP contribution in [0.25, 0.3) is 0 Å². The molecule has 1 aliphatic rings. The molecular weight excluding hydrogens is 222 g/mol. The Morgan fingerprint density at radius 2 is 1.53 bits per heavy atom. The quantitative estimate of drug-likeness (QED) is 0.772. The Morgan fingerprint density at radius 1 is 1.12 bits per heavy atom. The summed E-state index contributed by atoms with van der Waals surface area (Å²) in [5.74, 6) is -1.66. The molecule has 1 aliphatic heterocycles. The van der Waals surface area contributed by atoms with Gasteiger partial charge >= 0.3 is 5.97 Å². The van der Waals surface area contributed by atoms with Crippen molar-refractivity contribution in [2.24, 2.45) is 0 Å². The van der Waals surface area contributed by atoms with E-state index in [9.17, 15) is 9.59 Å². The maximum Gasteiger partial charge on any atom is 0.342 e. The third-order valence-corrected chi connectivity index (χ3v) is 2.10. The van der Waals surface area contributed by atoms with Crippen LogP contribution in [0.5, 0.6) is 0 Å². The summed E-state index contributed by atoms with van der Waals surface area (Å²) in [6, 6.07) is 0. The number of methoxy groups -OCH3 is 1. The molecule has 5 nitrogen and oxygen atoms in total. The minimum Gasteiger partial charge on any atom is -0.479 e. The van der Waals surface area contributed by atoms with Crippen molar-refractivity contribution in [3.8, 4) is 0 Å². The van der Waals surface area contributed by atoms with Crippen LogP contribution in [0.2, 0.25) is 0 Å². The Bertz CT molecular complexity index is 213. The van der Waals surface area contributed by atoms with Crippen LogP contribution in [0, 0.1) is 0 Å². The topological polar surface area (TPSA) is 66.8 Å². The molecule has 1 rings (SSSR count). The van der Waals surface area contributed by atoms with Crippen LogP contribution in [0.3, 0.4) is 0 Å². The molecule has 0 radical (unpaired) electrons. The molecule has 1 fully saturated rings. The number of nitrogens with zero attached hydrogens (tertiary/aromatic N) is 1. The Balaban J connectivity index is 0. The molecule has 0 aliphatic carbocycles. The molecule has 1 amide bonds. The first-order valence-corrected chi connectivity index (χ1v) is 6.21. The first-order valence-electron chi connectivity index (χ1n) is 6.21. The molecule has 0 aromatic carbocycles. The van der Waals surface area contributed by atoms with Crippen LogP contribution in [-0.4, -0.2) is 48.2 Å². The van der Waals surface area contributed by atoms with Gasteiger partial charge < -0.3 is 14.7 Å². The Labute approximate surface area is 104 Å². The molecule has 1 N–H and O–H groups in total. The number of aliphatic carboxylic acids is 1. The van der Waals surface area contributed by atoms with E-state index in [0.29, 0.717) is 13.1 Å². The first kappa shape index (κ1) is 18.3. The van der Waals surface area contributed by atoms with Gasteiger partial charge in [0.1, 0.15) is 0 Å². The zero-order valence-corrected chi connectivity index (χ0v) is 11.5. The molecule has 102 valence electrons. The van der Waals surface area contributed by atoms with Crippen molar-refractivity contribution >= 4 is 11.9 Å². The average Bonchev–Trinajstić information content (AvgIpc) is 2.88. The van der Waals surface area contributed by atoms with Gasteiger partial charge in [-0.3, -0.25) is 4.79 Å². The normalized spacial score (nSPS) is 15.0. The van der Waals surface area contributed by atoms with E-state index in [1.54, 1.807) is 0 Å². The van der Waals surface area contributed by atoms with Gasteiger partial charge in [-0.2, -0.15) is 0 Å². The number of rotatable bonds is 3. The van der Waals surface area contributed by atoms with Crippen LogP contribution in [-0.2, 0) is 14.3 Å². The number of amides is 1. The second-order valence-electron chi connectivity index (χ2n) is 2.99. The summed E-state index contributed by atoms with van der Waals surface area (Å²) in [5.41, 5.74) is 0. The molecule has 1 heterocycles. The lowest BCUT2D eigenvalue weighted by Gasteiger charge is -2.18. The van der Waals surface area contributed by atoms with Crippen molar-refractivity contribution in [3.63, 3.8) is 0 Å². The highest BCUT2D eigenvalue weighted by atomic mass is 16.5. The Hall–Kier alpha value is -1.10. The summed E-state index contributed by atoms with van der Waals surface area (Å²) in [6.07, 6.45) is 0.557. The van der Waals surface area contributed by atoms with Gasteiger partial charge in [-0.15, -0.1) is 0 Å². The van der Waals surface area contributed by atoms with Crippen molar-refractivity contribution in [2.75, 3.05) is 20.2 Å². The number of carboxylic acids is 1. The highest BCUT2D eigenvalue weighted by Crippen LogP contribution is 2.10. The van der Waals surface area contributed by atoms with E-state index in [1.165, 1.54) is 12.0 Å². The molecule has 0 spiro atoms. The fourth-order valence-electron chi connectivity index (χ4n) is 1.41. The van der Waals surface area contributed by atoms with Crippen molar-refractivity contribution in [2.45, 2.75) is 46.6 Å². The predicted octanol–water partition coefficient (Wildman–Crippen LogP) is 1.76. The van der Waals surface area contributed by atoms with Gasteiger partial charge in [0.2, 0.25) is 6.10 Å². The van der Waals surface area contributed by atoms with Crippen LogP contribution < -0.4 is 0 Å². The van der Waals surface area contributed by atoms with Gasteiger partial charge in [-0.05, 0) is 12.8 Å². The Morgan fingerprint density at radius 3 is 1.82 bits per heavy atom. The van der Waals surface area contributed by atoms with Gasteiger partial charge in [0.05, 0.1) is 0 Å². The van der Waals surface area contributed by atoms with Crippen LogP contribution in [0.15, 0.2) is 0 Å². The minimum atomic E-state index is -1.34. The van der Waals surface area contributed by atoms with E-state index in [4.69, 9.17) is 5.11 Å². The molecule has 0 bridgehead atoms. The number of ether oxygens (including phenoxy) is 1. The molecular formula is C12H25NO4. The lowest BCUT2D eigenvalue weighted by atomic mass is 10.3. The molecule has 1 saturated heterocycles. The second kappa shape index (κ2) is 11.4. The highest BCUT2D eigenvalue weighted by molar-refractivity contribution is 6.00. The number of carbonyl (C=O) groups is 2. The van der Waals surface area contributed by atoms with Gasteiger partial charge in [0.15, 0.2) is 0 Å². The third kappa shape index (κ3) is 6.26. The summed E-state index contributed by atoms with van der Waals surface area (Å²) in [7, 11) is 1.23. The van der Waals surface area contributed by atoms with Crippen LogP contribution in [0.1, 0.15) is 40.5 Å². The number of carboxylic acid groups (broad SMARTS) is 1. The number of likely N-dealkylation sites (tertiary alicyclic amines) is 1. The van der Waals surface area contributed by atoms with Gasteiger partial charge in [-0.25, -0.2) is 4.79 Å². The fourth-order valence-corrected chi connectivity index (χ4v) is 1.41. The summed E-state index contributed by atoms with van der Waals surface area (Å²) >= 11 is 0. The monoisotopic (exact) mass is 247 g/mol. The van der Waals surface area contributed by atoms with Crippen LogP contribution >= 0.6 is 0 Å². The summed E-state index contributed by atoms with van der Waals surface area (Å²) in [4.78, 5) is 23.5. The van der Waals surface area contributed by atoms with Crippen LogP contribution in [0.4, 0.5) is 0 Å². The second-order valence-corrected chi connectivity index (χ2v) is 2.99. The van der Waals surface area contributed by atoms with E-state index in [1.807, 2.05) is 27.7 Å². The van der Waals surface area contributed by atoms with Gasteiger partial charge in [-0.1, -0.05) is 27.7 Å². The van der Waals surface area contributed by atoms with E-state index >= 15 is 0 Å². The van der Waals surface area contributed by atoms with E-state index < -0.39 is 18.0 Å². The summed E-state index contributed by atoms with van der Waals surface area (Å²) in [5, 5.41) is 8.63. The number of hydrogen-bond donors (Lipinski definition) is 1. The maximum absolute atomic E-state index is 11.4. The zero-order chi connectivity index (χ0) is 13.8. The number of carbonyl (C=O) groups excluding carboxylic acids is 1. The minimum absolute atomic E-state index is 0.437. The average molecular weight is 247 g/mol. The first-order chi connectivity index (χ1) is 8.16. The molecule has 17 heavy (non-hydrogen) atoms. The van der Waals surface area contributed by atoms with Crippen molar-refractivity contribution in [3.05, 3.63) is 0 Å². The Kier molecular flexibility index (Phi) is 12.2. The lowest BCUT2D eigenvalue weighted by Crippen LogP contribution is -2.42. The molecule has 0 aromatic rings. The van der Waals surface area contributed by atoms with Gasteiger partial charge in [0, 0.05) is 20.2 Å². The predicted molar refractivity (Wildman–Crippen MR) is 66.9 cm³/mol. The molecule has 0 aromatic heterocycles. The lowest BCUT2D eigenvalue weighted by molar-refractivity contribution is -0.159. The number of hydrogen-bond acceptors (Lipinski definition) is 3. The smallest absolute Gasteiger partial charge is 0.342 e. The highest BCUT2D eigenvalue weighted by Gasteiger charge is 2.31. The molecule has 0 saturated carbocycles. The van der Waals surface area contributed by atoms with Crippen molar-refractivity contribution < 1.29 is 19.4 Å². The SMILES string of the molecule is CC.CC.COC(C(=O)O)C(=O)N1CCCC1. The van der Waals surface area contributed by atoms with Crippen molar-refractivity contribution in [1.29, 1.82) is 0 Å². The van der Waals surface area contributed by atoms with E-state index in [-0.39, 0.29) is 0 Å². The molecule has 5 heteroatoms. The van der Waals surface area contributed by atoms with E-state index in [0.717, 1.165) is 12.8 Å². The fraction of sp³-hybridized carbons (Fsp3) is 0.833. The summed E-state index contributed by atoms with van der Waals surface area (Å²) in [6.45, 7) is 9.29. The third-order valence-electron chi connectivity index (χ3n) is 2.10. The van der Waals surface area contributed by atoms with E-state index in [2.05, 4.69) is 4.74 Å². The largest absolute Gasteiger partial charge is 0.479 e. The molecule has 1 unspecified atom stereocenters.